The topological polar surface area (TPSA) is 12.0 Å². The van der Waals surface area contributed by atoms with Crippen molar-refractivity contribution in [1.29, 1.82) is 0 Å². The largest absolute Gasteiger partial charge is 0.416 e. The SMILES string of the molecule is CCNC(CSC(C)C)c1ccc(C(F)(F)F)cc1. The highest BCUT2D eigenvalue weighted by molar-refractivity contribution is 7.99. The molecule has 0 fully saturated rings. The number of hydrogen-bond donors (Lipinski definition) is 1. The molecular formula is C14H20F3NS. The standard InChI is InChI=1S/C14H20F3NS/c1-4-18-13(9-19-10(2)3)11-5-7-12(8-6-11)14(15,16)17/h5-8,10,13,18H,4,9H2,1-3H3. The Hall–Kier alpha value is -0.680. The molecule has 1 unspecified atom stereocenters. The summed E-state index contributed by atoms with van der Waals surface area (Å²) < 4.78 is 37.5. The lowest BCUT2D eigenvalue weighted by atomic mass is 10.1. The summed E-state index contributed by atoms with van der Waals surface area (Å²) in [5.74, 6) is 0.858. The molecule has 0 aliphatic carbocycles. The van der Waals surface area contributed by atoms with Crippen molar-refractivity contribution in [3.05, 3.63) is 35.4 Å². The monoisotopic (exact) mass is 291 g/mol. The Morgan fingerprint density at radius 3 is 2.16 bits per heavy atom. The van der Waals surface area contributed by atoms with Crippen LogP contribution in [0.5, 0.6) is 0 Å². The lowest BCUT2D eigenvalue weighted by Crippen LogP contribution is -2.23. The van der Waals surface area contributed by atoms with E-state index in [0.717, 1.165) is 30.0 Å². The van der Waals surface area contributed by atoms with Gasteiger partial charge in [-0.25, -0.2) is 0 Å². The number of thioether (sulfide) groups is 1. The lowest BCUT2D eigenvalue weighted by molar-refractivity contribution is -0.137. The number of hydrogen-bond acceptors (Lipinski definition) is 2. The number of nitrogens with one attached hydrogen (secondary N) is 1. The van der Waals surface area contributed by atoms with Crippen molar-refractivity contribution >= 4 is 11.8 Å². The van der Waals surface area contributed by atoms with Crippen molar-refractivity contribution < 1.29 is 13.2 Å². The Morgan fingerprint density at radius 1 is 1.16 bits per heavy atom. The molecule has 108 valence electrons. The van der Waals surface area contributed by atoms with Crippen LogP contribution in [0.3, 0.4) is 0 Å². The van der Waals surface area contributed by atoms with Crippen LogP contribution in [0.4, 0.5) is 13.2 Å². The fourth-order valence-electron chi connectivity index (χ4n) is 1.71. The van der Waals surface area contributed by atoms with Crippen molar-refractivity contribution in [1.82, 2.24) is 5.32 Å². The minimum Gasteiger partial charge on any atom is -0.310 e. The number of benzene rings is 1. The molecule has 1 N–H and O–H groups in total. The Kier molecular flexibility index (Phi) is 6.20. The second kappa shape index (κ2) is 7.20. The van der Waals surface area contributed by atoms with Gasteiger partial charge in [-0.2, -0.15) is 24.9 Å². The van der Waals surface area contributed by atoms with Gasteiger partial charge in [-0.3, -0.25) is 0 Å². The van der Waals surface area contributed by atoms with Crippen LogP contribution in [0.1, 0.15) is 37.9 Å². The fraction of sp³-hybridized carbons (Fsp3) is 0.571. The Bertz CT molecular complexity index is 373. The second-order valence-corrected chi connectivity index (χ2v) is 6.22. The fourth-order valence-corrected chi connectivity index (χ4v) is 2.60. The van der Waals surface area contributed by atoms with Gasteiger partial charge in [0.1, 0.15) is 0 Å². The van der Waals surface area contributed by atoms with Crippen molar-refractivity contribution in [2.45, 2.75) is 38.2 Å². The minimum absolute atomic E-state index is 0.0969. The summed E-state index contributed by atoms with van der Waals surface area (Å²) in [5.41, 5.74) is 0.311. The third kappa shape index (κ3) is 5.45. The van der Waals surface area contributed by atoms with Gasteiger partial charge in [0, 0.05) is 11.8 Å². The first-order valence-corrected chi connectivity index (χ1v) is 7.41. The van der Waals surface area contributed by atoms with Gasteiger partial charge in [0.15, 0.2) is 0 Å². The summed E-state index contributed by atoms with van der Waals surface area (Å²) in [5, 5.41) is 3.82. The van der Waals surface area contributed by atoms with Gasteiger partial charge in [0.25, 0.3) is 0 Å². The van der Waals surface area contributed by atoms with E-state index < -0.39 is 11.7 Å². The maximum atomic E-state index is 12.5. The second-order valence-electron chi connectivity index (χ2n) is 4.61. The summed E-state index contributed by atoms with van der Waals surface area (Å²) in [6, 6.07) is 5.53. The minimum atomic E-state index is -4.26. The van der Waals surface area contributed by atoms with Gasteiger partial charge in [-0.1, -0.05) is 32.9 Å². The summed E-state index contributed by atoms with van der Waals surface area (Å²) in [6.45, 7) is 7.02. The highest BCUT2D eigenvalue weighted by atomic mass is 32.2. The molecule has 5 heteroatoms. The smallest absolute Gasteiger partial charge is 0.310 e. The lowest BCUT2D eigenvalue weighted by Gasteiger charge is -2.19. The quantitative estimate of drug-likeness (QED) is 0.828. The van der Waals surface area contributed by atoms with Gasteiger partial charge >= 0.3 is 6.18 Å². The van der Waals surface area contributed by atoms with Gasteiger partial charge in [-0.05, 0) is 29.5 Å². The van der Waals surface area contributed by atoms with Crippen molar-refractivity contribution in [2.24, 2.45) is 0 Å². The van der Waals surface area contributed by atoms with E-state index in [0.29, 0.717) is 5.25 Å². The van der Waals surface area contributed by atoms with E-state index in [9.17, 15) is 13.2 Å². The van der Waals surface area contributed by atoms with E-state index in [1.165, 1.54) is 0 Å². The average molecular weight is 291 g/mol. The highest BCUT2D eigenvalue weighted by Crippen LogP contribution is 2.30. The Balaban J connectivity index is 2.79. The molecule has 0 bridgehead atoms. The van der Waals surface area contributed by atoms with Gasteiger partial charge in [0.05, 0.1) is 5.56 Å². The van der Waals surface area contributed by atoms with E-state index in [4.69, 9.17) is 0 Å². The van der Waals surface area contributed by atoms with E-state index in [1.54, 1.807) is 23.9 Å². The van der Waals surface area contributed by atoms with Crippen molar-refractivity contribution in [3.63, 3.8) is 0 Å². The van der Waals surface area contributed by atoms with E-state index in [2.05, 4.69) is 19.2 Å². The van der Waals surface area contributed by atoms with E-state index in [1.807, 2.05) is 6.92 Å². The number of alkyl halides is 3. The maximum absolute atomic E-state index is 12.5. The molecule has 0 spiro atoms. The Morgan fingerprint density at radius 2 is 1.74 bits per heavy atom. The third-order valence-corrected chi connectivity index (χ3v) is 3.88. The molecular weight excluding hydrogens is 271 g/mol. The zero-order valence-corrected chi connectivity index (χ0v) is 12.2. The van der Waals surface area contributed by atoms with Crippen LogP contribution >= 0.6 is 11.8 Å². The molecule has 1 aromatic rings. The Labute approximate surface area is 117 Å². The molecule has 1 atom stereocenters. The van der Waals surface area contributed by atoms with Crippen LogP contribution in [0, 0.1) is 0 Å². The molecule has 0 saturated heterocycles. The maximum Gasteiger partial charge on any atom is 0.416 e. The van der Waals surface area contributed by atoms with E-state index in [-0.39, 0.29) is 6.04 Å². The molecule has 1 rings (SSSR count). The molecule has 19 heavy (non-hydrogen) atoms. The van der Waals surface area contributed by atoms with Crippen LogP contribution in [0.25, 0.3) is 0 Å². The number of rotatable bonds is 6. The molecule has 0 aliphatic rings. The van der Waals surface area contributed by atoms with Gasteiger partial charge < -0.3 is 5.32 Å². The summed E-state index contributed by atoms with van der Waals surface area (Å²) in [7, 11) is 0. The van der Waals surface area contributed by atoms with E-state index >= 15 is 0 Å². The predicted octanol–water partition coefficient (Wildman–Crippen LogP) is 4.50. The molecule has 0 aromatic heterocycles. The first-order valence-electron chi connectivity index (χ1n) is 6.36. The molecule has 1 nitrogen and oxygen atoms in total. The normalized spacial score (nSPS) is 13.8. The van der Waals surface area contributed by atoms with Crippen molar-refractivity contribution in [3.8, 4) is 0 Å². The zero-order valence-electron chi connectivity index (χ0n) is 11.4. The molecule has 1 aromatic carbocycles. The molecule has 0 aliphatic heterocycles. The molecule has 0 heterocycles. The summed E-state index contributed by atoms with van der Waals surface area (Å²) in [4.78, 5) is 0. The average Bonchev–Trinajstić information content (AvgIpc) is 2.33. The molecule has 0 amide bonds. The van der Waals surface area contributed by atoms with Crippen LogP contribution in [0.2, 0.25) is 0 Å². The number of halogens is 3. The van der Waals surface area contributed by atoms with Crippen molar-refractivity contribution in [2.75, 3.05) is 12.3 Å². The third-order valence-electron chi connectivity index (χ3n) is 2.69. The summed E-state index contributed by atoms with van der Waals surface area (Å²) >= 11 is 1.80. The first kappa shape index (κ1) is 16.4. The first-order chi connectivity index (χ1) is 8.84. The van der Waals surface area contributed by atoms with Crippen LogP contribution in [0.15, 0.2) is 24.3 Å². The van der Waals surface area contributed by atoms with Gasteiger partial charge in [-0.15, -0.1) is 0 Å². The highest BCUT2D eigenvalue weighted by Gasteiger charge is 2.30. The van der Waals surface area contributed by atoms with Crippen LogP contribution in [-0.2, 0) is 6.18 Å². The predicted molar refractivity (Wildman–Crippen MR) is 75.5 cm³/mol. The molecule has 0 radical (unpaired) electrons. The van der Waals surface area contributed by atoms with Crippen LogP contribution in [-0.4, -0.2) is 17.5 Å². The van der Waals surface area contributed by atoms with Gasteiger partial charge in [0.2, 0.25) is 0 Å². The van der Waals surface area contributed by atoms with Crippen LogP contribution < -0.4 is 5.32 Å². The summed E-state index contributed by atoms with van der Waals surface area (Å²) in [6.07, 6.45) is -4.26. The zero-order chi connectivity index (χ0) is 14.5. The molecule has 0 saturated carbocycles.